The van der Waals surface area contributed by atoms with Gasteiger partial charge in [0.15, 0.2) is 11.6 Å². The van der Waals surface area contributed by atoms with Gasteiger partial charge in [-0.05, 0) is 16.6 Å². The number of aryl methyl sites for hydroxylation is 1. The van der Waals surface area contributed by atoms with E-state index in [1.54, 1.807) is 7.05 Å². The molecule has 0 spiro atoms. The van der Waals surface area contributed by atoms with Gasteiger partial charge in [-0.2, -0.15) is 5.10 Å². The fourth-order valence-corrected chi connectivity index (χ4v) is 2.98. The van der Waals surface area contributed by atoms with E-state index < -0.39 is 7.12 Å². The van der Waals surface area contributed by atoms with Crippen LogP contribution < -0.4 is 5.46 Å². The minimum absolute atomic E-state index is 0.120. The maximum absolute atomic E-state index is 12.6. The van der Waals surface area contributed by atoms with Crippen LogP contribution in [-0.4, -0.2) is 32.7 Å². The highest BCUT2D eigenvalue weighted by molar-refractivity contribution is 6.61. The van der Waals surface area contributed by atoms with Crippen LogP contribution >= 0.6 is 0 Å². The van der Waals surface area contributed by atoms with Gasteiger partial charge in [-0.3, -0.25) is 4.79 Å². The Hall–Kier alpha value is -2.77. The zero-order valence-corrected chi connectivity index (χ0v) is 13.7. The normalized spacial score (nSPS) is 13.1. The summed E-state index contributed by atoms with van der Waals surface area (Å²) in [5, 5.41) is 14.1. The van der Waals surface area contributed by atoms with Crippen molar-refractivity contribution >= 4 is 18.4 Å². The predicted molar refractivity (Wildman–Crippen MR) is 93.3 cm³/mol. The van der Waals surface area contributed by atoms with Gasteiger partial charge in [0.25, 0.3) is 0 Å². The van der Waals surface area contributed by atoms with Gasteiger partial charge in [-0.15, -0.1) is 0 Å². The van der Waals surface area contributed by atoms with Crippen LogP contribution in [0, 0.1) is 0 Å². The van der Waals surface area contributed by atoms with E-state index in [-0.39, 0.29) is 12.2 Å². The third-order valence-electron chi connectivity index (χ3n) is 4.28. The summed E-state index contributed by atoms with van der Waals surface area (Å²) in [7, 11) is 0.803. The van der Waals surface area contributed by atoms with Crippen molar-refractivity contribution in [3.8, 4) is 11.4 Å². The number of benzene rings is 2. The molecule has 1 aliphatic rings. The highest BCUT2D eigenvalue weighted by Crippen LogP contribution is 2.16. The lowest BCUT2D eigenvalue weighted by molar-refractivity contribution is 0.0979. The van der Waals surface area contributed by atoms with Crippen LogP contribution in [0.2, 0.25) is 0 Å². The summed E-state index contributed by atoms with van der Waals surface area (Å²) < 4.78 is 6.69. The van der Waals surface area contributed by atoms with Crippen LogP contribution in [-0.2, 0) is 24.7 Å². The monoisotopic (exact) mass is 333 g/mol. The van der Waals surface area contributed by atoms with Crippen LogP contribution in [0.15, 0.2) is 48.5 Å². The second-order valence-corrected chi connectivity index (χ2v) is 6.05. The lowest BCUT2D eigenvalue weighted by Crippen LogP contribution is -2.28. The van der Waals surface area contributed by atoms with Crippen LogP contribution in [0.25, 0.3) is 11.4 Å². The van der Waals surface area contributed by atoms with Crippen molar-refractivity contribution in [2.45, 2.75) is 13.0 Å². The van der Waals surface area contributed by atoms with E-state index in [9.17, 15) is 9.82 Å². The second-order valence-electron chi connectivity index (χ2n) is 6.05. The average Bonchev–Trinajstić information content (AvgIpc) is 3.19. The molecule has 0 aliphatic carbocycles. The molecular weight excluding hydrogens is 317 g/mol. The Kier molecular flexibility index (Phi) is 3.95. The number of rotatable bonds is 4. The molecule has 25 heavy (non-hydrogen) atoms. The zero-order valence-electron chi connectivity index (χ0n) is 13.7. The van der Waals surface area contributed by atoms with Gasteiger partial charge in [0.1, 0.15) is 0 Å². The Morgan fingerprint density at radius 2 is 2.08 bits per heavy atom. The topological polar surface area (TPSA) is 77.2 Å². The first-order chi connectivity index (χ1) is 12.1. The van der Waals surface area contributed by atoms with Crippen LogP contribution in [0.5, 0.6) is 0 Å². The number of hydrogen-bond acceptors (Lipinski definition) is 5. The molecule has 4 rings (SSSR count). The van der Waals surface area contributed by atoms with E-state index in [1.165, 1.54) is 4.68 Å². The summed E-state index contributed by atoms with van der Waals surface area (Å²) in [5.74, 6) is 0.728. The van der Waals surface area contributed by atoms with Gasteiger partial charge in [0, 0.05) is 19.0 Å². The number of carbonyl (C=O) groups is 1. The molecule has 0 radical (unpaired) electrons. The molecule has 6 nitrogen and oxygen atoms in total. The smallest absolute Gasteiger partial charge is 0.423 e. The van der Waals surface area contributed by atoms with Crippen molar-refractivity contribution in [2.75, 3.05) is 0 Å². The predicted octanol–water partition coefficient (Wildman–Crippen LogP) is 1.13. The number of aromatic nitrogens is 3. The molecule has 2 heterocycles. The molecule has 0 unspecified atom stereocenters. The summed E-state index contributed by atoms with van der Waals surface area (Å²) in [5.41, 5.74) is 3.37. The molecule has 3 aromatic rings. The van der Waals surface area contributed by atoms with Gasteiger partial charge in [0.05, 0.1) is 6.61 Å². The summed E-state index contributed by atoms with van der Waals surface area (Å²) in [6.07, 6.45) is 0.195. The van der Waals surface area contributed by atoms with Gasteiger partial charge in [0.2, 0.25) is 5.78 Å². The van der Waals surface area contributed by atoms with E-state index in [0.717, 1.165) is 22.2 Å². The average molecular weight is 333 g/mol. The molecule has 0 saturated heterocycles. The van der Waals surface area contributed by atoms with Crippen molar-refractivity contribution in [1.29, 1.82) is 0 Å². The molecule has 0 fully saturated rings. The van der Waals surface area contributed by atoms with Crippen LogP contribution in [0.3, 0.4) is 0 Å². The summed E-state index contributed by atoms with van der Waals surface area (Å²) >= 11 is 0. The van der Waals surface area contributed by atoms with Gasteiger partial charge in [-0.1, -0.05) is 48.5 Å². The van der Waals surface area contributed by atoms with Gasteiger partial charge in [-0.25, -0.2) is 9.67 Å². The first-order valence-corrected chi connectivity index (χ1v) is 8.03. The number of Topliss-reactive ketones (excluding diaryl/α,β-unsaturated/α-hetero) is 1. The van der Waals surface area contributed by atoms with Crippen molar-refractivity contribution < 1.29 is 14.5 Å². The molecule has 0 bridgehead atoms. The lowest BCUT2D eigenvalue weighted by atomic mass is 9.78. The van der Waals surface area contributed by atoms with Crippen molar-refractivity contribution in [2.24, 2.45) is 7.05 Å². The van der Waals surface area contributed by atoms with E-state index >= 15 is 0 Å². The first-order valence-electron chi connectivity index (χ1n) is 8.03. The molecular formula is C18H16BN3O3. The minimum Gasteiger partial charge on any atom is -0.423 e. The third kappa shape index (κ3) is 2.99. The third-order valence-corrected chi connectivity index (χ3v) is 4.28. The maximum Gasteiger partial charge on any atom is 0.491 e. The number of carbonyl (C=O) groups excluding carboxylic acids is 1. The van der Waals surface area contributed by atoms with Crippen molar-refractivity contribution in [3.63, 3.8) is 0 Å². The summed E-state index contributed by atoms with van der Waals surface area (Å²) in [4.78, 5) is 17.0. The van der Waals surface area contributed by atoms with Crippen molar-refractivity contribution in [1.82, 2.24) is 14.8 Å². The Morgan fingerprint density at radius 3 is 2.88 bits per heavy atom. The number of nitrogens with zero attached hydrogens (tertiary/aromatic N) is 3. The highest BCUT2D eigenvalue weighted by atomic mass is 16.5. The number of fused-ring (bicyclic) bond motifs is 1. The Morgan fingerprint density at radius 1 is 1.28 bits per heavy atom. The van der Waals surface area contributed by atoms with Crippen LogP contribution in [0.1, 0.15) is 21.7 Å². The zero-order chi connectivity index (χ0) is 17.4. The van der Waals surface area contributed by atoms with Crippen molar-refractivity contribution in [3.05, 3.63) is 65.5 Å². The minimum atomic E-state index is -0.912. The lowest BCUT2D eigenvalue weighted by Gasteiger charge is -2.04. The molecule has 124 valence electrons. The molecule has 1 aromatic heterocycles. The fourth-order valence-electron chi connectivity index (χ4n) is 2.98. The SMILES string of the molecule is Cn1nc(-c2ccccc2)nc1C(=O)Cc1ccc2c(c1)B(O)OC2. The van der Waals surface area contributed by atoms with E-state index in [4.69, 9.17) is 4.65 Å². The number of hydrogen-bond donors (Lipinski definition) is 1. The Labute approximate surface area is 145 Å². The number of ketones is 1. The Bertz CT molecular complexity index is 940. The van der Waals surface area contributed by atoms with Crippen LogP contribution in [0.4, 0.5) is 0 Å². The summed E-state index contributed by atoms with van der Waals surface area (Å²) in [6.45, 7) is 0.397. The molecule has 0 atom stereocenters. The fraction of sp³-hybridized carbons (Fsp3) is 0.167. The molecule has 1 aliphatic heterocycles. The molecule has 1 N–H and O–H groups in total. The quantitative estimate of drug-likeness (QED) is 0.572. The molecule has 0 saturated carbocycles. The van der Waals surface area contributed by atoms with Gasteiger partial charge >= 0.3 is 7.12 Å². The molecule has 7 heteroatoms. The largest absolute Gasteiger partial charge is 0.491 e. The first kappa shape index (κ1) is 15.7. The Balaban J connectivity index is 1.58. The van der Waals surface area contributed by atoms with E-state index in [2.05, 4.69) is 10.1 Å². The maximum atomic E-state index is 12.6. The highest BCUT2D eigenvalue weighted by Gasteiger charge is 2.27. The molecule has 2 aromatic carbocycles. The molecule has 0 amide bonds. The summed E-state index contributed by atoms with van der Waals surface area (Å²) in [6, 6.07) is 15.1. The standard InChI is InChI=1S/C18H16BN3O3/c1-22-18(20-17(21-22)13-5-3-2-4-6-13)16(23)10-12-7-8-14-11-25-19(24)15(14)9-12/h2-9,24H,10-11H2,1H3. The van der Waals surface area contributed by atoms with E-state index in [0.29, 0.717) is 18.3 Å². The van der Waals surface area contributed by atoms with Gasteiger partial charge < -0.3 is 9.68 Å². The van der Waals surface area contributed by atoms with E-state index in [1.807, 2.05) is 48.5 Å². The second kappa shape index (κ2) is 6.27.